The molecule has 0 aliphatic heterocycles. The summed E-state index contributed by atoms with van der Waals surface area (Å²) in [6, 6.07) is -0.776. The molecule has 74 heavy (non-hydrogen) atoms. The number of carbonyl (C=O) groups is 1. The number of quaternary nitrogens is 1. The minimum absolute atomic E-state index is 0.0683. The first-order valence-corrected chi connectivity index (χ1v) is 33.1. The Morgan fingerprint density at radius 2 is 0.811 bits per heavy atom. The van der Waals surface area contributed by atoms with E-state index in [1.165, 1.54) is 180 Å². The van der Waals surface area contributed by atoms with Gasteiger partial charge in [-0.2, -0.15) is 0 Å². The topological polar surface area (TPSA) is 105 Å². The van der Waals surface area contributed by atoms with Crippen molar-refractivity contribution in [1.82, 2.24) is 5.32 Å². The molecule has 9 heteroatoms. The molecule has 0 heterocycles. The maximum Gasteiger partial charge on any atom is 0.472 e. The first-order chi connectivity index (χ1) is 36.0. The van der Waals surface area contributed by atoms with Crippen molar-refractivity contribution in [3.63, 3.8) is 0 Å². The Hall–Kier alpha value is -1.80. The Bertz CT molecular complexity index is 1390. The Labute approximate surface area is 460 Å². The van der Waals surface area contributed by atoms with Crippen LogP contribution < -0.4 is 5.32 Å². The minimum Gasteiger partial charge on any atom is -0.391 e. The molecule has 0 saturated carbocycles. The monoisotopic (exact) mass is 1060 g/mol. The molecule has 0 aliphatic rings. The highest BCUT2D eigenvalue weighted by molar-refractivity contribution is 7.47. The lowest BCUT2D eigenvalue weighted by Gasteiger charge is -2.26. The van der Waals surface area contributed by atoms with Crippen LogP contribution in [0, 0.1) is 0 Å². The maximum absolute atomic E-state index is 13.0. The maximum atomic E-state index is 13.0. The molecule has 0 saturated heterocycles. The van der Waals surface area contributed by atoms with Gasteiger partial charge >= 0.3 is 7.82 Å². The summed E-state index contributed by atoms with van der Waals surface area (Å²) in [5.41, 5.74) is 0. The highest BCUT2D eigenvalue weighted by Gasteiger charge is 2.28. The SMILES string of the molecule is CC/C=C\C/C=C\C/C=C\C/C=C\C/C=C\CCCCCCCC(=O)NC(COP(=O)(O)OCC[N+](C)(C)C)C(O)CCCCCCCCCCCCCCCCCCCCCCCCCCCCCCCCC. The van der Waals surface area contributed by atoms with Crippen molar-refractivity contribution in [3.8, 4) is 0 Å². The molecule has 0 fully saturated rings. The van der Waals surface area contributed by atoms with E-state index >= 15 is 0 Å². The van der Waals surface area contributed by atoms with Crippen LogP contribution in [-0.4, -0.2) is 73.4 Å². The predicted molar refractivity (Wildman–Crippen MR) is 323 cm³/mol. The number of likely N-dealkylation sites (N-methyl/N-ethyl adjacent to an activating group) is 1. The lowest BCUT2D eigenvalue weighted by molar-refractivity contribution is -0.870. The zero-order chi connectivity index (χ0) is 54.2. The summed E-state index contributed by atoms with van der Waals surface area (Å²) < 4.78 is 23.8. The third-order valence-corrected chi connectivity index (χ3v) is 15.3. The highest BCUT2D eigenvalue weighted by atomic mass is 31.2. The van der Waals surface area contributed by atoms with E-state index in [2.05, 4.69) is 79.9 Å². The number of amides is 1. The third-order valence-electron chi connectivity index (χ3n) is 14.3. The van der Waals surface area contributed by atoms with E-state index < -0.39 is 20.0 Å². The lowest BCUT2D eigenvalue weighted by atomic mass is 10.0. The van der Waals surface area contributed by atoms with E-state index in [9.17, 15) is 19.4 Å². The van der Waals surface area contributed by atoms with Crippen molar-refractivity contribution >= 4 is 13.7 Å². The molecule has 1 amide bonds. The Kier molecular flexibility index (Phi) is 54.6. The Morgan fingerprint density at radius 1 is 0.473 bits per heavy atom. The second-order valence-electron chi connectivity index (χ2n) is 22.8. The zero-order valence-electron chi connectivity index (χ0n) is 49.6. The third kappa shape index (κ3) is 57.9. The van der Waals surface area contributed by atoms with Crippen LogP contribution in [0.4, 0.5) is 0 Å². The molecule has 0 radical (unpaired) electrons. The summed E-state index contributed by atoms with van der Waals surface area (Å²) in [7, 11) is 1.60. The largest absolute Gasteiger partial charge is 0.472 e. The van der Waals surface area contributed by atoms with Crippen LogP contribution in [0.25, 0.3) is 0 Å². The second kappa shape index (κ2) is 55.9. The molecule has 3 unspecified atom stereocenters. The number of aliphatic hydroxyl groups is 1. The molecule has 0 aromatic rings. The molecule has 0 aromatic heterocycles. The lowest BCUT2D eigenvalue weighted by Crippen LogP contribution is -2.46. The second-order valence-corrected chi connectivity index (χ2v) is 24.2. The van der Waals surface area contributed by atoms with Gasteiger partial charge < -0.3 is 19.8 Å². The fourth-order valence-electron chi connectivity index (χ4n) is 9.37. The van der Waals surface area contributed by atoms with Gasteiger partial charge in [-0.05, 0) is 57.8 Å². The van der Waals surface area contributed by atoms with E-state index in [1.807, 2.05) is 21.1 Å². The van der Waals surface area contributed by atoms with Crippen molar-refractivity contribution in [2.75, 3.05) is 40.9 Å². The number of hydrogen-bond donors (Lipinski definition) is 3. The number of hydrogen-bond acceptors (Lipinski definition) is 5. The standard InChI is InChI=1S/C65H123N2O6P/c1-6-8-10-12-14-16-18-20-22-24-26-28-29-30-31-32-33-34-35-36-37-39-40-42-44-46-48-50-52-54-56-58-64(68)63(62-73-74(70,71)72-61-60-67(3,4)5)66-65(69)59-57-55-53-51-49-47-45-43-41-38-27-25-23-21-19-17-15-13-11-9-7-2/h9,11,15,17,21,23,27,38,43,45,63-64,68H,6-8,10,12-14,16,18-20,22,24-26,28-37,39-42,44,46-62H2,1-5H3,(H-,66,69,70,71)/p+1/b11-9-,17-15-,23-21-,38-27-,45-43-. The van der Waals surface area contributed by atoms with Gasteiger partial charge in [0.1, 0.15) is 13.2 Å². The van der Waals surface area contributed by atoms with Crippen LogP contribution >= 0.6 is 7.82 Å². The van der Waals surface area contributed by atoms with Gasteiger partial charge in [0.25, 0.3) is 0 Å². The normalized spacial score (nSPS) is 14.2. The number of nitrogens with one attached hydrogen (secondary N) is 1. The number of phosphoric ester groups is 1. The van der Waals surface area contributed by atoms with Crippen LogP contribution in [-0.2, 0) is 18.4 Å². The fraction of sp³-hybridized carbons (Fsp3) is 0.831. The fourth-order valence-corrected chi connectivity index (χ4v) is 10.1. The van der Waals surface area contributed by atoms with Gasteiger partial charge in [-0.1, -0.05) is 293 Å². The van der Waals surface area contributed by atoms with Crippen LogP contribution in [0.3, 0.4) is 0 Å². The number of phosphoric acid groups is 1. The number of rotatable bonds is 58. The minimum atomic E-state index is -4.34. The van der Waals surface area contributed by atoms with Crippen molar-refractivity contribution in [2.45, 2.75) is 309 Å². The molecule has 3 atom stereocenters. The van der Waals surface area contributed by atoms with E-state index in [4.69, 9.17) is 9.05 Å². The molecular formula is C65H124N2O6P+. The van der Waals surface area contributed by atoms with Gasteiger partial charge in [-0.3, -0.25) is 13.8 Å². The van der Waals surface area contributed by atoms with Crippen molar-refractivity contribution in [1.29, 1.82) is 0 Å². The van der Waals surface area contributed by atoms with Crippen LogP contribution in [0.5, 0.6) is 0 Å². The van der Waals surface area contributed by atoms with Gasteiger partial charge in [0, 0.05) is 6.42 Å². The molecule has 0 aromatic carbocycles. The number of allylic oxidation sites excluding steroid dienone is 10. The van der Waals surface area contributed by atoms with Gasteiger partial charge in [0.2, 0.25) is 5.91 Å². The van der Waals surface area contributed by atoms with Gasteiger partial charge in [0.05, 0.1) is 39.9 Å². The molecule has 0 spiro atoms. The molecule has 3 N–H and O–H groups in total. The Balaban J connectivity index is 4.09. The van der Waals surface area contributed by atoms with Crippen molar-refractivity contribution < 1.29 is 32.9 Å². The van der Waals surface area contributed by atoms with Gasteiger partial charge in [-0.15, -0.1) is 0 Å². The summed E-state index contributed by atoms with van der Waals surface area (Å²) in [4.78, 5) is 23.4. The van der Waals surface area contributed by atoms with Crippen LogP contribution in [0.2, 0.25) is 0 Å². The molecular weight excluding hydrogens is 936 g/mol. The summed E-state index contributed by atoms with van der Waals surface area (Å²) in [6.45, 7) is 4.79. The molecule has 0 rings (SSSR count). The quantitative estimate of drug-likeness (QED) is 0.0243. The number of unbranched alkanes of at least 4 members (excludes halogenated alkanes) is 35. The van der Waals surface area contributed by atoms with E-state index in [0.717, 1.165) is 89.9 Å². The molecule has 434 valence electrons. The highest BCUT2D eigenvalue weighted by Crippen LogP contribution is 2.43. The average molecular weight is 1060 g/mol. The molecule has 8 nitrogen and oxygen atoms in total. The summed E-state index contributed by atoms with van der Waals surface area (Å²) in [5, 5.41) is 14.1. The molecule has 0 bridgehead atoms. The van der Waals surface area contributed by atoms with E-state index in [-0.39, 0.29) is 19.1 Å². The van der Waals surface area contributed by atoms with E-state index in [1.54, 1.807) is 0 Å². The van der Waals surface area contributed by atoms with E-state index in [0.29, 0.717) is 23.9 Å². The summed E-state index contributed by atoms with van der Waals surface area (Å²) in [5.74, 6) is -0.161. The van der Waals surface area contributed by atoms with Gasteiger partial charge in [-0.25, -0.2) is 4.57 Å². The smallest absolute Gasteiger partial charge is 0.391 e. The molecule has 0 aliphatic carbocycles. The van der Waals surface area contributed by atoms with Crippen LogP contribution in [0.1, 0.15) is 296 Å². The van der Waals surface area contributed by atoms with Gasteiger partial charge in [0.15, 0.2) is 0 Å². The Morgan fingerprint density at radius 3 is 1.19 bits per heavy atom. The van der Waals surface area contributed by atoms with Crippen LogP contribution in [0.15, 0.2) is 60.8 Å². The number of carbonyl (C=O) groups excluding carboxylic acids is 1. The number of aliphatic hydroxyl groups excluding tert-OH is 1. The first-order valence-electron chi connectivity index (χ1n) is 31.7. The zero-order valence-corrected chi connectivity index (χ0v) is 50.5. The predicted octanol–water partition coefficient (Wildman–Crippen LogP) is 19.7. The summed E-state index contributed by atoms with van der Waals surface area (Å²) >= 11 is 0. The average Bonchev–Trinajstić information content (AvgIpc) is 3.36. The first kappa shape index (κ1) is 72.2. The van der Waals surface area contributed by atoms with Crippen molar-refractivity contribution in [3.05, 3.63) is 60.8 Å². The summed E-state index contributed by atoms with van der Waals surface area (Å²) in [6.07, 6.45) is 75.9. The number of nitrogens with zero attached hydrogens (tertiary/aromatic N) is 1. The van der Waals surface area contributed by atoms with Crippen molar-refractivity contribution in [2.24, 2.45) is 0 Å².